The molecule has 2 aromatic rings. The molecule has 2 rings (SSSR count). The summed E-state index contributed by atoms with van der Waals surface area (Å²) in [5.41, 5.74) is 1.45. The van der Waals surface area contributed by atoms with E-state index in [0.717, 1.165) is 15.7 Å². The molecule has 0 bridgehead atoms. The molecule has 1 N–H and O–H groups in total. The van der Waals surface area contributed by atoms with Crippen molar-refractivity contribution in [3.8, 4) is 0 Å². The maximum absolute atomic E-state index is 12.1. The predicted molar refractivity (Wildman–Crippen MR) is 89.0 cm³/mol. The molecule has 2 aromatic carbocycles. The number of rotatable bonds is 4. The van der Waals surface area contributed by atoms with Crippen LogP contribution in [-0.2, 0) is 9.53 Å². The lowest BCUT2D eigenvalue weighted by Gasteiger charge is -2.19. The summed E-state index contributed by atoms with van der Waals surface area (Å²) in [6.07, 6.45) is 0. The number of halogens is 3. The molecule has 0 aromatic heterocycles. The van der Waals surface area contributed by atoms with Crippen LogP contribution in [0.4, 0.5) is 5.69 Å². The number of esters is 1. The van der Waals surface area contributed by atoms with Crippen LogP contribution in [0.3, 0.4) is 0 Å². The van der Waals surface area contributed by atoms with Gasteiger partial charge >= 0.3 is 5.97 Å². The third-order valence-electron chi connectivity index (χ3n) is 2.85. The predicted octanol–water partition coefficient (Wildman–Crippen LogP) is 5.08. The Labute approximate surface area is 141 Å². The summed E-state index contributed by atoms with van der Waals surface area (Å²) in [6.45, 7) is 0. The quantitative estimate of drug-likeness (QED) is 0.742. The number of hydrogen-bond donors (Lipinski definition) is 1. The molecule has 0 saturated carbocycles. The summed E-state index contributed by atoms with van der Waals surface area (Å²) in [6, 6.07) is 11.7. The van der Waals surface area contributed by atoms with Crippen molar-refractivity contribution in [3.05, 3.63) is 62.5 Å². The van der Waals surface area contributed by atoms with Crippen LogP contribution in [0.1, 0.15) is 11.6 Å². The Morgan fingerprint density at radius 2 is 1.90 bits per heavy atom. The minimum Gasteiger partial charge on any atom is -0.467 e. The Morgan fingerprint density at radius 1 is 1.19 bits per heavy atom. The van der Waals surface area contributed by atoms with Gasteiger partial charge in [-0.15, -0.1) is 0 Å². The highest BCUT2D eigenvalue weighted by atomic mass is 79.9. The highest BCUT2D eigenvalue weighted by molar-refractivity contribution is 9.10. The molecule has 0 radical (unpaired) electrons. The zero-order valence-electron chi connectivity index (χ0n) is 11.1. The van der Waals surface area contributed by atoms with Crippen molar-refractivity contribution in [1.82, 2.24) is 0 Å². The van der Waals surface area contributed by atoms with Crippen LogP contribution in [-0.4, -0.2) is 13.1 Å². The van der Waals surface area contributed by atoms with Crippen LogP contribution in [0.2, 0.25) is 10.0 Å². The van der Waals surface area contributed by atoms with Gasteiger partial charge in [0.15, 0.2) is 6.04 Å². The number of carbonyl (C=O) groups is 1. The number of ether oxygens (including phenoxy) is 1. The molecule has 0 heterocycles. The summed E-state index contributed by atoms with van der Waals surface area (Å²) >= 11 is 15.3. The van der Waals surface area contributed by atoms with Crippen molar-refractivity contribution in [2.45, 2.75) is 6.04 Å². The highest BCUT2D eigenvalue weighted by Crippen LogP contribution is 2.30. The van der Waals surface area contributed by atoms with Crippen molar-refractivity contribution in [2.24, 2.45) is 0 Å². The molecular weight excluding hydrogens is 377 g/mol. The van der Waals surface area contributed by atoms with Crippen LogP contribution in [0, 0.1) is 0 Å². The first-order chi connectivity index (χ1) is 10.0. The third-order valence-corrected chi connectivity index (χ3v) is 4.00. The van der Waals surface area contributed by atoms with E-state index in [9.17, 15) is 4.79 Å². The van der Waals surface area contributed by atoms with Gasteiger partial charge in [-0.1, -0.05) is 51.3 Å². The van der Waals surface area contributed by atoms with Crippen LogP contribution < -0.4 is 5.32 Å². The summed E-state index contributed by atoms with van der Waals surface area (Å²) in [5, 5.41) is 4.28. The number of anilines is 1. The molecule has 21 heavy (non-hydrogen) atoms. The van der Waals surface area contributed by atoms with Gasteiger partial charge in [0.2, 0.25) is 0 Å². The lowest BCUT2D eigenvalue weighted by molar-refractivity contribution is -0.141. The second-order valence-electron chi connectivity index (χ2n) is 4.28. The number of methoxy groups -OCH3 is 1. The average molecular weight is 389 g/mol. The first-order valence-electron chi connectivity index (χ1n) is 6.06. The van der Waals surface area contributed by atoms with Crippen LogP contribution in [0.25, 0.3) is 0 Å². The molecule has 1 unspecified atom stereocenters. The molecule has 0 aliphatic heterocycles. The second kappa shape index (κ2) is 7.16. The standard InChI is InChI=1S/C15H12BrCl2NO2/c1-21-15(20)14(12-6-5-10(18)8-13(12)16)19-11-4-2-3-9(17)7-11/h2-8,14,19H,1H3. The highest BCUT2D eigenvalue weighted by Gasteiger charge is 2.23. The van der Waals surface area contributed by atoms with Gasteiger partial charge < -0.3 is 10.1 Å². The van der Waals surface area contributed by atoms with Gasteiger partial charge in [-0.3, -0.25) is 0 Å². The molecule has 3 nitrogen and oxygen atoms in total. The van der Waals surface area contributed by atoms with Crippen molar-refractivity contribution in [2.75, 3.05) is 12.4 Å². The van der Waals surface area contributed by atoms with Gasteiger partial charge in [0.05, 0.1) is 7.11 Å². The second-order valence-corrected chi connectivity index (χ2v) is 6.00. The van der Waals surface area contributed by atoms with Gasteiger partial charge in [0.1, 0.15) is 0 Å². The van der Waals surface area contributed by atoms with E-state index in [1.165, 1.54) is 7.11 Å². The topological polar surface area (TPSA) is 38.3 Å². The molecule has 0 aliphatic carbocycles. The maximum atomic E-state index is 12.1. The summed E-state index contributed by atoms with van der Waals surface area (Å²) in [7, 11) is 1.35. The van der Waals surface area contributed by atoms with E-state index in [2.05, 4.69) is 21.2 Å². The van der Waals surface area contributed by atoms with Crippen molar-refractivity contribution in [1.29, 1.82) is 0 Å². The molecule has 6 heteroatoms. The van der Waals surface area contributed by atoms with E-state index in [0.29, 0.717) is 10.0 Å². The molecular formula is C15H12BrCl2NO2. The summed E-state index contributed by atoms with van der Waals surface area (Å²) in [5.74, 6) is -0.405. The molecule has 0 amide bonds. The lowest BCUT2D eigenvalue weighted by atomic mass is 10.1. The van der Waals surface area contributed by atoms with Gasteiger partial charge in [-0.2, -0.15) is 0 Å². The normalized spacial score (nSPS) is 11.8. The minimum atomic E-state index is -0.667. The maximum Gasteiger partial charge on any atom is 0.333 e. The molecule has 0 spiro atoms. The van der Waals surface area contributed by atoms with Gasteiger partial charge in [0, 0.05) is 20.2 Å². The minimum absolute atomic E-state index is 0.405. The molecule has 110 valence electrons. The van der Waals surface area contributed by atoms with E-state index < -0.39 is 12.0 Å². The van der Waals surface area contributed by atoms with Crippen molar-refractivity contribution < 1.29 is 9.53 Å². The smallest absolute Gasteiger partial charge is 0.333 e. The fourth-order valence-electron chi connectivity index (χ4n) is 1.86. The largest absolute Gasteiger partial charge is 0.467 e. The number of benzene rings is 2. The average Bonchev–Trinajstić information content (AvgIpc) is 2.45. The van der Waals surface area contributed by atoms with E-state index in [1.54, 1.807) is 36.4 Å². The Hall–Kier alpha value is -1.23. The van der Waals surface area contributed by atoms with Gasteiger partial charge in [0.25, 0.3) is 0 Å². The van der Waals surface area contributed by atoms with Gasteiger partial charge in [-0.05, 0) is 35.9 Å². The zero-order chi connectivity index (χ0) is 15.4. The number of carbonyl (C=O) groups excluding carboxylic acids is 1. The molecule has 0 saturated heterocycles. The van der Waals surface area contributed by atoms with E-state index in [1.807, 2.05) is 6.07 Å². The van der Waals surface area contributed by atoms with E-state index >= 15 is 0 Å². The number of nitrogens with one attached hydrogen (secondary N) is 1. The van der Waals surface area contributed by atoms with Crippen LogP contribution in [0.5, 0.6) is 0 Å². The SMILES string of the molecule is COC(=O)C(Nc1cccc(Cl)c1)c1ccc(Cl)cc1Br. The first-order valence-corrected chi connectivity index (χ1v) is 7.61. The van der Waals surface area contributed by atoms with Crippen molar-refractivity contribution >= 4 is 50.8 Å². The third kappa shape index (κ3) is 4.13. The first kappa shape index (κ1) is 16.1. The monoisotopic (exact) mass is 387 g/mol. The van der Waals surface area contributed by atoms with E-state index in [4.69, 9.17) is 27.9 Å². The molecule has 0 aliphatic rings. The Kier molecular flexibility index (Phi) is 5.51. The summed E-state index contributed by atoms with van der Waals surface area (Å²) in [4.78, 5) is 12.1. The van der Waals surface area contributed by atoms with Crippen LogP contribution in [0.15, 0.2) is 46.9 Å². The Bertz CT molecular complexity index is 664. The van der Waals surface area contributed by atoms with Crippen LogP contribution >= 0.6 is 39.1 Å². The molecule has 1 atom stereocenters. The van der Waals surface area contributed by atoms with E-state index in [-0.39, 0.29) is 0 Å². The lowest BCUT2D eigenvalue weighted by Crippen LogP contribution is -2.22. The van der Waals surface area contributed by atoms with Crippen molar-refractivity contribution in [3.63, 3.8) is 0 Å². The summed E-state index contributed by atoms with van der Waals surface area (Å²) < 4.78 is 5.59. The fourth-order valence-corrected chi connectivity index (χ4v) is 2.96. The fraction of sp³-hybridized carbons (Fsp3) is 0.133. The number of hydrogen-bond acceptors (Lipinski definition) is 3. The Morgan fingerprint density at radius 3 is 2.52 bits per heavy atom. The van der Waals surface area contributed by atoms with Gasteiger partial charge in [-0.25, -0.2) is 4.79 Å². The molecule has 0 fully saturated rings. The zero-order valence-corrected chi connectivity index (χ0v) is 14.2. The Balaban J connectivity index is 2.37.